The fraction of sp³-hybridized carbons (Fsp3) is 0.647. The van der Waals surface area contributed by atoms with Crippen LogP contribution >= 0.6 is 0 Å². The van der Waals surface area contributed by atoms with Crippen LogP contribution in [0.3, 0.4) is 0 Å². The lowest BCUT2D eigenvalue weighted by Gasteiger charge is -2.60. The molecule has 1 unspecified atom stereocenters. The number of carbonyl (C=O) groups excluding carboxylic acids is 2. The second-order valence-electron chi connectivity index (χ2n) is 6.39. The molecule has 120 valence electrons. The van der Waals surface area contributed by atoms with Crippen molar-refractivity contribution in [3.05, 3.63) is 23.8 Å². The zero-order chi connectivity index (χ0) is 16.1. The number of Topliss-reactive ketones (excluding diaryl/α,β-unsaturated/α-hetero) is 1. The Morgan fingerprint density at radius 2 is 2.14 bits per heavy atom. The van der Waals surface area contributed by atoms with Crippen LogP contribution in [0.4, 0.5) is 0 Å². The number of methoxy groups -OCH3 is 2. The second-order valence-corrected chi connectivity index (χ2v) is 6.39. The molecule has 5 heteroatoms. The fourth-order valence-corrected chi connectivity index (χ4v) is 4.72. The van der Waals surface area contributed by atoms with Gasteiger partial charge < -0.3 is 14.2 Å². The van der Waals surface area contributed by atoms with Gasteiger partial charge in [0.25, 0.3) is 0 Å². The quantitative estimate of drug-likeness (QED) is 0.444. The topological polar surface area (TPSA) is 61.8 Å². The first-order valence-corrected chi connectivity index (χ1v) is 7.60. The minimum absolute atomic E-state index is 0.0719. The number of rotatable bonds is 2. The number of allylic oxidation sites excluding steroid dienone is 2. The lowest BCUT2D eigenvalue weighted by atomic mass is 9.49. The molecule has 0 N–H and O–H groups in total. The Morgan fingerprint density at radius 3 is 2.77 bits per heavy atom. The molecule has 1 heterocycles. The van der Waals surface area contributed by atoms with Gasteiger partial charge in [-0.2, -0.15) is 0 Å². The third-order valence-electron chi connectivity index (χ3n) is 5.66. The normalized spacial score (nSPS) is 40.8. The van der Waals surface area contributed by atoms with Crippen LogP contribution in [0.5, 0.6) is 0 Å². The zero-order valence-corrected chi connectivity index (χ0v) is 13.3. The summed E-state index contributed by atoms with van der Waals surface area (Å²) in [6.07, 6.45) is 3.43. The molecule has 3 rings (SSSR count). The smallest absolute Gasteiger partial charge is 0.318 e. The van der Waals surface area contributed by atoms with Crippen molar-refractivity contribution < 1.29 is 23.8 Å². The summed E-state index contributed by atoms with van der Waals surface area (Å²) >= 11 is 0. The van der Waals surface area contributed by atoms with E-state index in [0.29, 0.717) is 25.0 Å². The van der Waals surface area contributed by atoms with Crippen LogP contribution in [0, 0.1) is 17.3 Å². The lowest BCUT2D eigenvalue weighted by Crippen LogP contribution is -2.71. The first kappa shape index (κ1) is 15.4. The fourth-order valence-electron chi connectivity index (χ4n) is 4.72. The van der Waals surface area contributed by atoms with Gasteiger partial charge in [0, 0.05) is 25.4 Å². The minimum atomic E-state index is -1.17. The molecule has 0 aromatic heterocycles. The number of ketones is 1. The van der Waals surface area contributed by atoms with Crippen LogP contribution in [-0.4, -0.2) is 38.4 Å². The molecule has 0 bridgehead atoms. The van der Waals surface area contributed by atoms with Crippen LogP contribution in [0.1, 0.15) is 26.2 Å². The van der Waals surface area contributed by atoms with Gasteiger partial charge in [0.1, 0.15) is 5.41 Å². The van der Waals surface area contributed by atoms with Crippen molar-refractivity contribution in [3.8, 4) is 0 Å². The molecule has 4 atom stereocenters. The third-order valence-corrected chi connectivity index (χ3v) is 5.66. The van der Waals surface area contributed by atoms with Gasteiger partial charge in [-0.3, -0.25) is 9.59 Å². The largest absolute Gasteiger partial charge is 0.468 e. The van der Waals surface area contributed by atoms with Crippen LogP contribution < -0.4 is 0 Å². The molecule has 0 amide bonds. The SMILES string of the molecule is C=C1C[C@@]2(OC)OCC[C@H]3C(C)=CCC(C1=O)[C@]32C(=O)OC. The summed E-state index contributed by atoms with van der Waals surface area (Å²) < 4.78 is 16.9. The van der Waals surface area contributed by atoms with E-state index in [2.05, 4.69) is 12.7 Å². The summed E-state index contributed by atoms with van der Waals surface area (Å²) in [5.41, 5.74) is 0.443. The van der Waals surface area contributed by atoms with Gasteiger partial charge in [-0.05, 0) is 25.3 Å². The van der Waals surface area contributed by atoms with Gasteiger partial charge >= 0.3 is 5.97 Å². The molecule has 0 radical (unpaired) electrons. The summed E-state index contributed by atoms with van der Waals surface area (Å²) in [6, 6.07) is 0. The molecule has 5 nitrogen and oxygen atoms in total. The highest BCUT2D eigenvalue weighted by atomic mass is 16.7. The van der Waals surface area contributed by atoms with E-state index in [1.165, 1.54) is 14.2 Å². The van der Waals surface area contributed by atoms with Crippen molar-refractivity contribution in [2.75, 3.05) is 20.8 Å². The maximum absolute atomic E-state index is 12.9. The molecule has 1 saturated heterocycles. The zero-order valence-electron chi connectivity index (χ0n) is 13.3. The Kier molecular flexibility index (Phi) is 3.53. The van der Waals surface area contributed by atoms with Crippen molar-refractivity contribution in [3.63, 3.8) is 0 Å². The molecular weight excluding hydrogens is 284 g/mol. The van der Waals surface area contributed by atoms with Crippen molar-refractivity contribution >= 4 is 11.8 Å². The Bertz CT molecular complexity index is 578. The van der Waals surface area contributed by atoms with Gasteiger partial charge in [-0.1, -0.05) is 18.2 Å². The molecule has 2 fully saturated rings. The van der Waals surface area contributed by atoms with Crippen LogP contribution in [0.15, 0.2) is 23.8 Å². The number of hydrogen-bond donors (Lipinski definition) is 0. The molecule has 3 aliphatic rings. The Labute approximate surface area is 130 Å². The summed E-state index contributed by atoms with van der Waals surface area (Å²) in [7, 11) is 2.88. The first-order chi connectivity index (χ1) is 10.4. The molecule has 2 aliphatic carbocycles. The average Bonchev–Trinajstić information content (AvgIpc) is 2.53. The van der Waals surface area contributed by atoms with Crippen molar-refractivity contribution in [2.24, 2.45) is 17.3 Å². The van der Waals surface area contributed by atoms with Gasteiger partial charge in [-0.15, -0.1) is 0 Å². The predicted molar refractivity (Wildman–Crippen MR) is 78.9 cm³/mol. The molecule has 0 spiro atoms. The Hall–Kier alpha value is -1.46. The molecule has 22 heavy (non-hydrogen) atoms. The van der Waals surface area contributed by atoms with E-state index < -0.39 is 23.1 Å². The van der Waals surface area contributed by atoms with E-state index in [1.54, 1.807) is 0 Å². The summed E-state index contributed by atoms with van der Waals surface area (Å²) in [5, 5.41) is 0. The van der Waals surface area contributed by atoms with Gasteiger partial charge in [0.15, 0.2) is 11.6 Å². The van der Waals surface area contributed by atoms with E-state index in [4.69, 9.17) is 14.2 Å². The Balaban J connectivity index is 2.30. The molecule has 1 saturated carbocycles. The van der Waals surface area contributed by atoms with E-state index in [-0.39, 0.29) is 18.1 Å². The van der Waals surface area contributed by atoms with Crippen molar-refractivity contribution in [1.82, 2.24) is 0 Å². The van der Waals surface area contributed by atoms with E-state index in [1.807, 2.05) is 6.92 Å². The summed E-state index contributed by atoms with van der Waals surface area (Å²) in [6.45, 7) is 6.37. The molecule has 1 aliphatic heterocycles. The maximum Gasteiger partial charge on any atom is 0.318 e. The van der Waals surface area contributed by atoms with E-state index in [0.717, 1.165) is 5.57 Å². The first-order valence-electron chi connectivity index (χ1n) is 7.60. The lowest BCUT2D eigenvalue weighted by molar-refractivity contribution is -0.331. The summed E-state index contributed by atoms with van der Waals surface area (Å²) in [4.78, 5) is 25.6. The number of esters is 1. The number of carbonyl (C=O) groups is 2. The van der Waals surface area contributed by atoms with Crippen LogP contribution in [-0.2, 0) is 23.8 Å². The van der Waals surface area contributed by atoms with Crippen molar-refractivity contribution in [1.29, 1.82) is 0 Å². The third kappa shape index (κ3) is 1.61. The molecular formula is C17H22O5. The van der Waals surface area contributed by atoms with E-state index in [9.17, 15) is 9.59 Å². The highest BCUT2D eigenvalue weighted by Gasteiger charge is 2.73. The molecule has 0 aromatic rings. The predicted octanol–water partition coefficient (Wildman–Crippen LogP) is 2.02. The second kappa shape index (κ2) is 5.03. The maximum atomic E-state index is 12.9. The highest BCUT2D eigenvalue weighted by Crippen LogP contribution is 2.62. The van der Waals surface area contributed by atoms with Crippen molar-refractivity contribution in [2.45, 2.75) is 32.0 Å². The number of ether oxygens (including phenoxy) is 3. The van der Waals surface area contributed by atoms with Crippen LogP contribution in [0.2, 0.25) is 0 Å². The van der Waals surface area contributed by atoms with E-state index >= 15 is 0 Å². The monoisotopic (exact) mass is 306 g/mol. The van der Waals surface area contributed by atoms with Gasteiger partial charge in [0.2, 0.25) is 0 Å². The Morgan fingerprint density at radius 1 is 1.41 bits per heavy atom. The van der Waals surface area contributed by atoms with Gasteiger partial charge in [-0.25, -0.2) is 0 Å². The summed E-state index contributed by atoms with van der Waals surface area (Å²) in [5.74, 6) is -2.30. The minimum Gasteiger partial charge on any atom is -0.468 e. The average molecular weight is 306 g/mol. The highest BCUT2D eigenvalue weighted by molar-refractivity contribution is 6.03. The standard InChI is InChI=1S/C17H22O5/c1-10-5-6-13-14(18)11(2)9-16(21-4)17(13,15(19)20-3)12(10)7-8-22-16/h5,12-13H,2,6-9H2,1,3-4H3/t12-,13?,16+,17-/m0/s1. The number of hydrogen-bond acceptors (Lipinski definition) is 5. The molecule has 0 aromatic carbocycles. The van der Waals surface area contributed by atoms with Gasteiger partial charge in [0.05, 0.1) is 13.7 Å². The van der Waals surface area contributed by atoms with Crippen LogP contribution in [0.25, 0.3) is 0 Å².